The van der Waals surface area contributed by atoms with Crippen molar-refractivity contribution >= 4 is 29.1 Å². The van der Waals surface area contributed by atoms with Crippen molar-refractivity contribution in [2.45, 2.75) is 63.9 Å². The van der Waals surface area contributed by atoms with Gasteiger partial charge in [0.05, 0.1) is 18.8 Å². The smallest absolute Gasteiger partial charge is 0.251 e. The maximum atomic E-state index is 13.7. The third-order valence-corrected chi connectivity index (χ3v) is 7.63. The largest absolute Gasteiger partial charge is 0.378 e. The molecule has 1 saturated heterocycles. The van der Waals surface area contributed by atoms with Crippen molar-refractivity contribution in [2.75, 3.05) is 11.9 Å². The number of primary amides is 1. The first-order chi connectivity index (χ1) is 18.8. The molecular formula is C30H32ClN3O5. The van der Waals surface area contributed by atoms with E-state index >= 15 is 0 Å². The minimum Gasteiger partial charge on any atom is -0.378 e. The van der Waals surface area contributed by atoms with Crippen LogP contribution in [0, 0.1) is 0 Å². The molecule has 0 spiro atoms. The van der Waals surface area contributed by atoms with E-state index in [9.17, 15) is 14.4 Å². The van der Waals surface area contributed by atoms with E-state index in [0.717, 1.165) is 41.5 Å². The summed E-state index contributed by atoms with van der Waals surface area (Å²) in [4.78, 5) is 38.7. The molecule has 3 atom stereocenters. The van der Waals surface area contributed by atoms with Gasteiger partial charge in [-0.05, 0) is 85.7 Å². The number of ether oxygens (including phenoxy) is 2. The first-order valence-electron chi connectivity index (χ1n) is 13.3. The average molecular weight is 550 g/mol. The van der Waals surface area contributed by atoms with Crippen molar-refractivity contribution in [3.63, 3.8) is 0 Å². The van der Waals surface area contributed by atoms with Gasteiger partial charge in [0.1, 0.15) is 6.04 Å². The Morgan fingerprint density at radius 3 is 2.56 bits per heavy atom. The minimum absolute atomic E-state index is 0.0310. The van der Waals surface area contributed by atoms with Crippen LogP contribution in [0.5, 0.6) is 0 Å². The number of hydrogen-bond acceptors (Lipinski definition) is 5. The first kappa shape index (κ1) is 27.1. The monoisotopic (exact) mass is 549 g/mol. The molecule has 8 nitrogen and oxygen atoms in total. The Morgan fingerprint density at radius 2 is 1.85 bits per heavy atom. The number of hydrogen-bond donors (Lipinski definition) is 2. The van der Waals surface area contributed by atoms with Crippen LogP contribution in [-0.2, 0) is 27.3 Å². The molecule has 1 fully saturated rings. The summed E-state index contributed by atoms with van der Waals surface area (Å²) in [5.41, 5.74) is 9.40. The highest BCUT2D eigenvalue weighted by molar-refractivity contribution is 6.30. The number of pyridine rings is 1. The van der Waals surface area contributed by atoms with E-state index < -0.39 is 11.9 Å². The second kappa shape index (κ2) is 11.7. The number of anilines is 1. The topological polar surface area (TPSA) is 113 Å². The van der Waals surface area contributed by atoms with Gasteiger partial charge in [-0.15, -0.1) is 0 Å². The maximum absolute atomic E-state index is 13.7. The second-order valence-electron chi connectivity index (χ2n) is 10.3. The Bertz CT molecular complexity index is 1430. The molecule has 39 heavy (non-hydrogen) atoms. The molecule has 5 rings (SSSR count). The second-order valence-corrected chi connectivity index (χ2v) is 10.7. The lowest BCUT2D eigenvalue weighted by molar-refractivity contribution is -0.121. The van der Waals surface area contributed by atoms with Crippen LogP contribution < -0.4 is 16.6 Å². The Kier molecular flexibility index (Phi) is 8.16. The predicted molar refractivity (Wildman–Crippen MR) is 150 cm³/mol. The molecule has 2 aromatic carbocycles. The van der Waals surface area contributed by atoms with Crippen molar-refractivity contribution in [2.24, 2.45) is 5.73 Å². The predicted octanol–water partition coefficient (Wildman–Crippen LogP) is 4.87. The summed E-state index contributed by atoms with van der Waals surface area (Å²) in [6.45, 7) is 2.95. The van der Waals surface area contributed by atoms with Gasteiger partial charge in [0.2, 0.25) is 11.8 Å². The molecule has 3 aromatic rings. The molecule has 3 unspecified atom stereocenters. The molecule has 2 amide bonds. The molecule has 2 aliphatic heterocycles. The van der Waals surface area contributed by atoms with Crippen LogP contribution in [0.4, 0.5) is 5.69 Å². The zero-order chi connectivity index (χ0) is 27.5. The SMILES string of the molecule is CC1Cc2ccc(Cl)cc2-c2cc(=O)n(C(CC3CCCCO3)C(=O)Nc3ccc(C(N)=O)cc3)cc2CO1. The molecule has 3 N–H and O–H groups in total. The van der Waals surface area contributed by atoms with E-state index in [2.05, 4.69) is 5.32 Å². The zero-order valence-corrected chi connectivity index (χ0v) is 22.6. The van der Waals surface area contributed by atoms with Gasteiger partial charge in [0.25, 0.3) is 5.56 Å². The van der Waals surface area contributed by atoms with E-state index in [1.165, 1.54) is 4.57 Å². The number of amides is 2. The Morgan fingerprint density at radius 1 is 1.08 bits per heavy atom. The third kappa shape index (κ3) is 6.24. The van der Waals surface area contributed by atoms with Crippen molar-refractivity contribution in [1.29, 1.82) is 0 Å². The van der Waals surface area contributed by atoms with Gasteiger partial charge >= 0.3 is 0 Å². The molecule has 0 saturated carbocycles. The number of nitrogens with zero attached hydrogens (tertiary/aromatic N) is 1. The highest BCUT2D eigenvalue weighted by atomic mass is 35.5. The Hall–Kier alpha value is -3.46. The normalized spacial score (nSPS) is 19.6. The zero-order valence-electron chi connectivity index (χ0n) is 21.8. The summed E-state index contributed by atoms with van der Waals surface area (Å²) < 4.78 is 13.5. The molecule has 2 aliphatic rings. The fourth-order valence-electron chi connectivity index (χ4n) is 5.31. The van der Waals surface area contributed by atoms with Gasteiger partial charge in [-0.2, -0.15) is 0 Å². The Labute approximate surface area is 232 Å². The molecule has 9 heteroatoms. The highest BCUT2D eigenvalue weighted by Crippen LogP contribution is 2.33. The van der Waals surface area contributed by atoms with Crippen molar-refractivity contribution in [3.8, 4) is 11.1 Å². The summed E-state index contributed by atoms with van der Waals surface area (Å²) in [6.07, 6.45) is 5.43. The van der Waals surface area contributed by atoms with Crippen LogP contribution >= 0.6 is 11.6 Å². The van der Waals surface area contributed by atoms with Crippen LogP contribution in [0.2, 0.25) is 5.02 Å². The number of halogens is 1. The van der Waals surface area contributed by atoms with Gasteiger partial charge in [0, 0.05) is 47.1 Å². The summed E-state index contributed by atoms with van der Waals surface area (Å²) in [5.74, 6) is -0.895. The molecule has 204 valence electrons. The first-order valence-corrected chi connectivity index (χ1v) is 13.6. The quantitative estimate of drug-likeness (QED) is 0.455. The lowest BCUT2D eigenvalue weighted by atomic mass is 9.92. The van der Waals surface area contributed by atoms with Crippen LogP contribution in [0.15, 0.2) is 59.5 Å². The summed E-state index contributed by atoms with van der Waals surface area (Å²) in [5, 5.41) is 3.49. The summed E-state index contributed by atoms with van der Waals surface area (Å²) in [6, 6.07) is 12.8. The van der Waals surface area contributed by atoms with Crippen molar-refractivity contribution in [1.82, 2.24) is 4.57 Å². The van der Waals surface area contributed by atoms with Gasteiger partial charge < -0.3 is 25.1 Å². The Balaban J connectivity index is 1.53. The van der Waals surface area contributed by atoms with E-state index in [0.29, 0.717) is 42.3 Å². The molecule has 3 heterocycles. The lowest BCUT2D eigenvalue weighted by Gasteiger charge is -2.29. The van der Waals surface area contributed by atoms with Gasteiger partial charge in [-0.3, -0.25) is 14.4 Å². The lowest BCUT2D eigenvalue weighted by Crippen LogP contribution is -2.37. The number of benzene rings is 2. The van der Waals surface area contributed by atoms with Crippen LogP contribution in [0.25, 0.3) is 11.1 Å². The van der Waals surface area contributed by atoms with Gasteiger partial charge in [-0.25, -0.2) is 0 Å². The van der Waals surface area contributed by atoms with E-state index in [1.54, 1.807) is 36.5 Å². The standard InChI is InChI=1S/C30H32ClN3O5/c1-18-12-20-5-8-22(31)13-25(20)26-15-28(35)34(16-21(26)17-39-18)27(14-24-4-2-3-11-38-24)30(37)33-23-9-6-19(7-10-23)29(32)36/h5-10,13,15-16,18,24,27H,2-4,11-12,14,17H2,1H3,(H2,32,36)(H,33,37). The number of fused-ring (bicyclic) bond motifs is 3. The van der Waals surface area contributed by atoms with Crippen LogP contribution in [-0.4, -0.2) is 35.2 Å². The third-order valence-electron chi connectivity index (χ3n) is 7.39. The summed E-state index contributed by atoms with van der Waals surface area (Å²) in [7, 11) is 0. The van der Waals surface area contributed by atoms with Crippen molar-refractivity contribution in [3.05, 3.63) is 86.8 Å². The van der Waals surface area contributed by atoms with Crippen LogP contribution in [0.3, 0.4) is 0 Å². The minimum atomic E-state index is -0.816. The van der Waals surface area contributed by atoms with Gasteiger partial charge in [-0.1, -0.05) is 17.7 Å². The van der Waals surface area contributed by atoms with E-state index in [1.807, 2.05) is 25.1 Å². The average Bonchev–Trinajstić information content (AvgIpc) is 2.92. The fraction of sp³-hybridized carbons (Fsp3) is 0.367. The molecule has 0 aliphatic carbocycles. The maximum Gasteiger partial charge on any atom is 0.251 e. The number of carbonyl (C=O) groups is 2. The fourth-order valence-corrected chi connectivity index (χ4v) is 5.48. The van der Waals surface area contributed by atoms with E-state index in [-0.39, 0.29) is 23.7 Å². The highest BCUT2D eigenvalue weighted by Gasteiger charge is 2.29. The number of nitrogens with two attached hydrogens (primary N) is 1. The molecule has 1 aromatic heterocycles. The number of carbonyl (C=O) groups excluding carboxylic acids is 2. The van der Waals surface area contributed by atoms with Crippen molar-refractivity contribution < 1.29 is 19.1 Å². The number of rotatable bonds is 6. The number of aromatic nitrogens is 1. The number of nitrogens with one attached hydrogen (secondary N) is 1. The molecule has 0 radical (unpaired) electrons. The summed E-state index contributed by atoms with van der Waals surface area (Å²) >= 11 is 6.34. The van der Waals surface area contributed by atoms with E-state index in [4.69, 9.17) is 26.8 Å². The molecule has 0 bridgehead atoms. The van der Waals surface area contributed by atoms with Gasteiger partial charge in [0.15, 0.2) is 0 Å². The van der Waals surface area contributed by atoms with Crippen LogP contribution in [0.1, 0.15) is 60.1 Å². The molecular weight excluding hydrogens is 518 g/mol.